The van der Waals surface area contributed by atoms with Gasteiger partial charge in [-0.15, -0.1) is 0 Å². The molecule has 5 heteroatoms. The van der Waals surface area contributed by atoms with Gasteiger partial charge in [-0.2, -0.15) is 0 Å². The number of rotatable bonds is 2. The molecule has 0 aromatic carbocycles. The maximum Gasteiger partial charge on any atom is 0.256 e. The van der Waals surface area contributed by atoms with Crippen molar-refractivity contribution in [3.05, 3.63) is 24.0 Å². The van der Waals surface area contributed by atoms with Crippen molar-refractivity contribution in [1.82, 2.24) is 9.88 Å². The minimum absolute atomic E-state index is 0.0371. The number of anilines is 1. The number of nitrogens with one attached hydrogen (secondary N) is 1. The van der Waals surface area contributed by atoms with Gasteiger partial charge < -0.3 is 10.3 Å². The van der Waals surface area contributed by atoms with Gasteiger partial charge in [0.25, 0.3) is 5.91 Å². The van der Waals surface area contributed by atoms with Crippen LogP contribution in [0.25, 0.3) is 0 Å². The van der Waals surface area contributed by atoms with Crippen molar-refractivity contribution >= 4 is 11.6 Å². The van der Waals surface area contributed by atoms with Crippen molar-refractivity contribution < 1.29 is 4.79 Å². The maximum atomic E-state index is 12.2. The summed E-state index contributed by atoms with van der Waals surface area (Å²) in [6.07, 6.45) is 6.56. The number of nitrogen functional groups attached to an aromatic ring is 1. The minimum atomic E-state index is 0.0371. The van der Waals surface area contributed by atoms with Crippen LogP contribution in [0.4, 0.5) is 5.69 Å². The number of carbonyl (C=O) groups excluding carboxylic acids is 1. The van der Waals surface area contributed by atoms with E-state index in [-0.39, 0.29) is 5.91 Å². The number of pyridine rings is 1. The lowest BCUT2D eigenvalue weighted by Crippen LogP contribution is -2.36. The highest BCUT2D eigenvalue weighted by atomic mass is 16.2. The Labute approximate surface area is 94.6 Å². The summed E-state index contributed by atoms with van der Waals surface area (Å²) in [5.41, 5.74) is 3.68. The van der Waals surface area contributed by atoms with Gasteiger partial charge in [-0.3, -0.25) is 15.6 Å². The summed E-state index contributed by atoms with van der Waals surface area (Å²) < 4.78 is 0. The number of aromatic nitrogens is 1. The average Bonchev–Trinajstić information content (AvgIpc) is 2.39. The first kappa shape index (κ1) is 10.9. The third-order valence-electron chi connectivity index (χ3n) is 2.85. The zero-order valence-corrected chi connectivity index (χ0v) is 9.15. The summed E-state index contributed by atoms with van der Waals surface area (Å²) in [5.74, 6) is 5.39. The van der Waals surface area contributed by atoms with Crippen molar-refractivity contribution in [2.75, 3.05) is 18.5 Å². The third-order valence-corrected chi connectivity index (χ3v) is 2.85. The van der Waals surface area contributed by atoms with E-state index in [1.807, 2.05) is 4.90 Å². The van der Waals surface area contributed by atoms with Crippen LogP contribution in [0.1, 0.15) is 29.6 Å². The quantitative estimate of drug-likeness (QED) is 0.576. The van der Waals surface area contributed by atoms with Gasteiger partial charge in [0.15, 0.2) is 0 Å². The second kappa shape index (κ2) is 4.94. The molecule has 0 radical (unpaired) electrons. The Kier molecular flexibility index (Phi) is 3.36. The highest BCUT2D eigenvalue weighted by Crippen LogP contribution is 2.17. The van der Waals surface area contributed by atoms with Crippen LogP contribution in [0.5, 0.6) is 0 Å². The second-order valence-corrected chi connectivity index (χ2v) is 3.92. The second-order valence-electron chi connectivity index (χ2n) is 3.92. The molecule has 86 valence electrons. The monoisotopic (exact) mass is 220 g/mol. The number of hydrogen-bond donors (Lipinski definition) is 2. The fourth-order valence-electron chi connectivity index (χ4n) is 1.96. The molecule has 2 rings (SSSR count). The molecule has 5 nitrogen and oxygen atoms in total. The number of likely N-dealkylation sites (tertiary alicyclic amines) is 1. The van der Waals surface area contributed by atoms with Gasteiger partial charge >= 0.3 is 0 Å². The molecule has 1 fully saturated rings. The van der Waals surface area contributed by atoms with E-state index in [1.54, 1.807) is 18.5 Å². The molecule has 0 bridgehead atoms. The zero-order valence-electron chi connectivity index (χ0n) is 9.15. The summed E-state index contributed by atoms with van der Waals surface area (Å²) in [6.45, 7) is 1.68. The lowest BCUT2D eigenvalue weighted by Gasteiger charge is -2.27. The Morgan fingerprint density at radius 1 is 1.38 bits per heavy atom. The van der Waals surface area contributed by atoms with E-state index >= 15 is 0 Å². The molecule has 1 aliphatic rings. The number of nitrogens with zero attached hydrogens (tertiary/aromatic N) is 2. The number of piperidine rings is 1. The Hall–Kier alpha value is -1.62. The number of nitrogens with two attached hydrogens (primary N) is 1. The van der Waals surface area contributed by atoms with Crippen LogP contribution in [-0.2, 0) is 0 Å². The van der Waals surface area contributed by atoms with Gasteiger partial charge in [0.1, 0.15) is 0 Å². The van der Waals surface area contributed by atoms with Crippen molar-refractivity contribution in [3.8, 4) is 0 Å². The van der Waals surface area contributed by atoms with E-state index in [0.717, 1.165) is 25.9 Å². The van der Waals surface area contributed by atoms with Crippen LogP contribution in [0.15, 0.2) is 18.5 Å². The van der Waals surface area contributed by atoms with Crippen molar-refractivity contribution in [1.29, 1.82) is 0 Å². The van der Waals surface area contributed by atoms with Gasteiger partial charge in [-0.1, -0.05) is 0 Å². The number of amides is 1. The predicted octanol–water partition coefficient (Wildman–Crippen LogP) is 0.993. The fourth-order valence-corrected chi connectivity index (χ4v) is 1.96. The largest absolute Gasteiger partial charge is 0.339 e. The first-order valence-electron chi connectivity index (χ1n) is 5.53. The van der Waals surface area contributed by atoms with E-state index < -0.39 is 0 Å². The van der Waals surface area contributed by atoms with Crippen LogP contribution < -0.4 is 11.3 Å². The molecule has 3 N–H and O–H groups in total. The van der Waals surface area contributed by atoms with Gasteiger partial charge in [-0.25, -0.2) is 0 Å². The third kappa shape index (κ3) is 2.14. The van der Waals surface area contributed by atoms with E-state index in [1.165, 1.54) is 6.42 Å². The molecule has 0 aliphatic carbocycles. The highest BCUT2D eigenvalue weighted by Gasteiger charge is 2.20. The Morgan fingerprint density at radius 2 is 2.12 bits per heavy atom. The molecular weight excluding hydrogens is 204 g/mol. The minimum Gasteiger partial charge on any atom is -0.339 e. The Balaban J connectivity index is 2.19. The standard InChI is InChI=1S/C11H16N4O/c12-14-10-8-13-5-4-9(10)11(16)15-6-2-1-3-7-15/h4-5,8,14H,1-3,6-7,12H2. The summed E-state index contributed by atoms with van der Waals surface area (Å²) >= 11 is 0. The van der Waals surface area contributed by atoms with Gasteiger partial charge in [0, 0.05) is 19.3 Å². The van der Waals surface area contributed by atoms with Gasteiger partial charge in [0.05, 0.1) is 17.4 Å². The van der Waals surface area contributed by atoms with Crippen LogP contribution in [-0.4, -0.2) is 28.9 Å². The average molecular weight is 220 g/mol. The van der Waals surface area contributed by atoms with Crippen LogP contribution >= 0.6 is 0 Å². The first-order valence-corrected chi connectivity index (χ1v) is 5.53. The van der Waals surface area contributed by atoms with Crippen molar-refractivity contribution in [2.45, 2.75) is 19.3 Å². The molecule has 1 aromatic heterocycles. The van der Waals surface area contributed by atoms with Gasteiger partial charge in [0.2, 0.25) is 0 Å². The first-order chi connectivity index (χ1) is 7.83. The van der Waals surface area contributed by atoms with Crippen molar-refractivity contribution in [3.63, 3.8) is 0 Å². The molecule has 0 spiro atoms. The maximum absolute atomic E-state index is 12.2. The van der Waals surface area contributed by atoms with E-state index in [9.17, 15) is 4.79 Å². The summed E-state index contributed by atoms with van der Waals surface area (Å²) in [5, 5.41) is 0. The molecule has 2 heterocycles. The van der Waals surface area contributed by atoms with E-state index in [0.29, 0.717) is 11.3 Å². The molecule has 1 aliphatic heterocycles. The Morgan fingerprint density at radius 3 is 2.81 bits per heavy atom. The molecule has 0 atom stereocenters. The number of carbonyl (C=O) groups is 1. The van der Waals surface area contributed by atoms with Gasteiger partial charge in [-0.05, 0) is 25.3 Å². The lowest BCUT2D eigenvalue weighted by molar-refractivity contribution is 0.0725. The molecule has 1 saturated heterocycles. The topological polar surface area (TPSA) is 71.2 Å². The summed E-state index contributed by atoms with van der Waals surface area (Å²) in [6, 6.07) is 1.70. The molecule has 0 saturated carbocycles. The van der Waals surface area contributed by atoms with Crippen LogP contribution in [0.2, 0.25) is 0 Å². The molecule has 0 unspecified atom stereocenters. The molecular formula is C11H16N4O. The van der Waals surface area contributed by atoms with Crippen LogP contribution in [0.3, 0.4) is 0 Å². The highest BCUT2D eigenvalue weighted by molar-refractivity contribution is 5.99. The lowest BCUT2D eigenvalue weighted by atomic mass is 10.1. The number of hydrazine groups is 1. The SMILES string of the molecule is NNc1cnccc1C(=O)N1CCCCC1. The van der Waals surface area contributed by atoms with E-state index in [4.69, 9.17) is 5.84 Å². The Bertz CT molecular complexity index is 374. The normalized spacial score (nSPS) is 15.9. The summed E-state index contributed by atoms with van der Waals surface area (Å²) in [7, 11) is 0. The zero-order chi connectivity index (χ0) is 11.4. The molecule has 1 aromatic rings. The predicted molar refractivity (Wildman–Crippen MR) is 61.8 cm³/mol. The summed E-state index contributed by atoms with van der Waals surface area (Å²) in [4.78, 5) is 18.0. The smallest absolute Gasteiger partial charge is 0.256 e. The number of hydrogen-bond acceptors (Lipinski definition) is 4. The fraction of sp³-hybridized carbons (Fsp3) is 0.455. The van der Waals surface area contributed by atoms with Crippen molar-refractivity contribution in [2.24, 2.45) is 5.84 Å². The molecule has 1 amide bonds. The van der Waals surface area contributed by atoms with E-state index in [2.05, 4.69) is 10.4 Å². The molecule has 16 heavy (non-hydrogen) atoms. The van der Waals surface area contributed by atoms with Crippen LogP contribution in [0, 0.1) is 0 Å².